The van der Waals surface area contributed by atoms with Crippen molar-refractivity contribution in [2.75, 3.05) is 37.8 Å². The summed E-state index contributed by atoms with van der Waals surface area (Å²) in [6.07, 6.45) is 0. The lowest BCUT2D eigenvalue weighted by molar-refractivity contribution is 0.0222. The molecule has 0 unspecified atom stereocenters. The largest absolute Gasteiger partial charge is 0.379 e. The van der Waals surface area contributed by atoms with Gasteiger partial charge in [0.1, 0.15) is 0 Å². The molecule has 146 valence electrons. The number of nitrogens with zero attached hydrogens (tertiary/aromatic N) is 1. The summed E-state index contributed by atoms with van der Waals surface area (Å²) in [6.45, 7) is 8.33. The van der Waals surface area contributed by atoms with Gasteiger partial charge in [-0.15, -0.1) is 0 Å². The van der Waals surface area contributed by atoms with Crippen molar-refractivity contribution in [3.05, 3.63) is 29.8 Å². The van der Waals surface area contributed by atoms with Crippen LogP contribution in [-0.4, -0.2) is 70.8 Å². The zero-order valence-electron chi connectivity index (χ0n) is 15.5. The predicted octanol–water partition coefficient (Wildman–Crippen LogP) is 1.26. The van der Waals surface area contributed by atoms with Gasteiger partial charge in [0.05, 0.1) is 34.9 Å². The van der Waals surface area contributed by atoms with Gasteiger partial charge in [-0.2, -0.15) is 0 Å². The van der Waals surface area contributed by atoms with Gasteiger partial charge in [0.2, 0.25) is 0 Å². The molecule has 2 saturated heterocycles. The van der Waals surface area contributed by atoms with E-state index in [4.69, 9.17) is 4.74 Å². The van der Waals surface area contributed by atoms with Crippen LogP contribution in [0.25, 0.3) is 0 Å². The minimum atomic E-state index is -3.73. The second kappa shape index (κ2) is 6.89. The number of ether oxygens (including phenoxy) is 1. The van der Waals surface area contributed by atoms with Crippen molar-refractivity contribution in [3.63, 3.8) is 0 Å². The van der Waals surface area contributed by atoms with E-state index in [0.717, 1.165) is 5.56 Å². The maximum Gasteiger partial charge on any atom is 0.183 e. The van der Waals surface area contributed by atoms with E-state index in [9.17, 15) is 16.8 Å². The molecule has 0 N–H and O–H groups in total. The first kappa shape index (κ1) is 19.8. The normalized spacial score (nSPS) is 27.5. The van der Waals surface area contributed by atoms with Crippen LogP contribution < -0.4 is 0 Å². The van der Waals surface area contributed by atoms with E-state index in [2.05, 4.69) is 20.8 Å². The molecule has 1 aromatic rings. The van der Waals surface area contributed by atoms with Crippen molar-refractivity contribution in [2.45, 2.75) is 42.4 Å². The Balaban J connectivity index is 1.93. The van der Waals surface area contributed by atoms with E-state index in [-0.39, 0.29) is 21.8 Å². The molecule has 3 rings (SSSR count). The molecule has 2 heterocycles. The molecule has 8 heteroatoms. The smallest absolute Gasteiger partial charge is 0.183 e. The summed E-state index contributed by atoms with van der Waals surface area (Å²) in [7, 11) is -7.11. The molecule has 0 radical (unpaired) electrons. The molecule has 0 bridgehead atoms. The van der Waals surface area contributed by atoms with Gasteiger partial charge in [-0.1, -0.05) is 32.9 Å². The summed E-state index contributed by atoms with van der Waals surface area (Å²) in [6, 6.07) is 6.35. The zero-order valence-corrected chi connectivity index (χ0v) is 17.1. The quantitative estimate of drug-likeness (QED) is 0.758. The molecule has 1 aromatic carbocycles. The lowest BCUT2D eigenvalue weighted by atomic mass is 9.87. The van der Waals surface area contributed by atoms with Gasteiger partial charge in [-0.05, 0) is 23.1 Å². The van der Waals surface area contributed by atoms with E-state index >= 15 is 0 Å². The van der Waals surface area contributed by atoms with Crippen LogP contribution in [0.3, 0.4) is 0 Å². The van der Waals surface area contributed by atoms with E-state index in [1.807, 2.05) is 17.0 Å². The third-order valence-corrected chi connectivity index (χ3v) is 9.37. The first-order valence-corrected chi connectivity index (χ1v) is 12.2. The Hall–Kier alpha value is -0.960. The lowest BCUT2D eigenvalue weighted by Gasteiger charge is -2.34. The molecule has 0 aliphatic carbocycles. The van der Waals surface area contributed by atoms with Gasteiger partial charge in [0.25, 0.3) is 0 Å². The van der Waals surface area contributed by atoms with E-state index in [1.54, 1.807) is 12.1 Å². The van der Waals surface area contributed by atoms with Crippen molar-refractivity contribution in [3.8, 4) is 0 Å². The minimum Gasteiger partial charge on any atom is -0.379 e. The summed E-state index contributed by atoms with van der Waals surface area (Å²) < 4.78 is 56.2. The fourth-order valence-electron chi connectivity index (χ4n) is 3.66. The maximum atomic E-state index is 13.2. The van der Waals surface area contributed by atoms with Crippen molar-refractivity contribution in [2.24, 2.45) is 0 Å². The molecule has 26 heavy (non-hydrogen) atoms. The van der Waals surface area contributed by atoms with Crippen LogP contribution in [0.4, 0.5) is 0 Å². The molecule has 0 amide bonds. The predicted molar refractivity (Wildman–Crippen MR) is 101 cm³/mol. The van der Waals surface area contributed by atoms with Crippen molar-refractivity contribution in [1.82, 2.24) is 4.90 Å². The van der Waals surface area contributed by atoms with Crippen LogP contribution in [0.1, 0.15) is 26.3 Å². The van der Waals surface area contributed by atoms with Gasteiger partial charge < -0.3 is 4.74 Å². The van der Waals surface area contributed by atoms with Crippen molar-refractivity contribution in [1.29, 1.82) is 0 Å². The second-order valence-electron chi connectivity index (χ2n) is 8.15. The van der Waals surface area contributed by atoms with E-state index in [1.165, 1.54) is 0 Å². The summed E-state index contributed by atoms with van der Waals surface area (Å²) in [5.74, 6) is -0.407. The number of benzene rings is 1. The standard InChI is InChI=1S/C18H27NO5S2/c1-18(2,3)14-4-6-15(7-5-14)26(22,23)17-13-25(20,21)12-16(17)19-8-10-24-11-9-19/h4-7,16-17H,8-13H2,1-3H3/t16-,17+/m1/s1. The minimum absolute atomic E-state index is 0.0741. The molecular weight excluding hydrogens is 374 g/mol. The Morgan fingerprint density at radius 2 is 1.62 bits per heavy atom. The summed E-state index contributed by atoms with van der Waals surface area (Å²) in [5.41, 5.74) is 0.968. The Kier molecular flexibility index (Phi) is 5.24. The van der Waals surface area contributed by atoms with Crippen molar-refractivity contribution < 1.29 is 21.6 Å². The van der Waals surface area contributed by atoms with Crippen LogP contribution >= 0.6 is 0 Å². The van der Waals surface area contributed by atoms with Crippen LogP contribution in [0.5, 0.6) is 0 Å². The average Bonchev–Trinajstić information content (AvgIpc) is 2.91. The molecular formula is C18H27NO5S2. The Bertz CT molecular complexity index is 848. The first-order chi connectivity index (χ1) is 12.0. The Morgan fingerprint density at radius 1 is 1.04 bits per heavy atom. The molecule has 2 aliphatic rings. The van der Waals surface area contributed by atoms with Gasteiger partial charge >= 0.3 is 0 Å². The second-order valence-corrected chi connectivity index (χ2v) is 12.5. The lowest BCUT2D eigenvalue weighted by Crippen LogP contribution is -2.50. The summed E-state index contributed by atoms with van der Waals surface area (Å²) in [4.78, 5) is 2.16. The molecule has 0 saturated carbocycles. The van der Waals surface area contributed by atoms with Gasteiger partial charge in [0.15, 0.2) is 19.7 Å². The van der Waals surface area contributed by atoms with Gasteiger partial charge in [-0.25, -0.2) is 16.8 Å². The molecule has 0 aromatic heterocycles. The van der Waals surface area contributed by atoms with Crippen LogP contribution in [-0.2, 0) is 29.8 Å². The number of morpholine rings is 1. The highest BCUT2D eigenvalue weighted by Gasteiger charge is 2.48. The van der Waals surface area contributed by atoms with Crippen LogP contribution in [0.15, 0.2) is 29.2 Å². The summed E-state index contributed by atoms with van der Waals surface area (Å²) in [5, 5.41) is -0.925. The van der Waals surface area contributed by atoms with Crippen molar-refractivity contribution >= 4 is 19.7 Å². The monoisotopic (exact) mass is 401 g/mol. The Labute approximate surface area is 156 Å². The molecule has 0 spiro atoms. The molecule has 6 nitrogen and oxygen atoms in total. The molecule has 2 aliphatic heterocycles. The van der Waals surface area contributed by atoms with Gasteiger partial charge in [-0.3, -0.25) is 4.90 Å². The average molecular weight is 402 g/mol. The maximum absolute atomic E-state index is 13.2. The summed E-state index contributed by atoms with van der Waals surface area (Å²) >= 11 is 0. The Morgan fingerprint density at radius 3 is 2.15 bits per heavy atom. The van der Waals surface area contributed by atoms with Crippen LogP contribution in [0, 0.1) is 0 Å². The number of hydrogen-bond acceptors (Lipinski definition) is 6. The first-order valence-electron chi connectivity index (χ1n) is 8.87. The third kappa shape index (κ3) is 3.98. The zero-order chi connectivity index (χ0) is 19.2. The fourth-order valence-corrected chi connectivity index (χ4v) is 8.49. The SMILES string of the molecule is CC(C)(C)c1ccc(S(=O)(=O)[C@H]2CS(=O)(=O)C[C@H]2N2CCOCC2)cc1. The van der Waals surface area contributed by atoms with Gasteiger partial charge in [0, 0.05) is 19.1 Å². The highest BCUT2D eigenvalue weighted by Crippen LogP contribution is 2.31. The number of sulfone groups is 2. The number of rotatable bonds is 3. The van der Waals surface area contributed by atoms with Crippen LogP contribution in [0.2, 0.25) is 0 Å². The molecule has 2 fully saturated rings. The molecule has 2 atom stereocenters. The number of hydrogen-bond donors (Lipinski definition) is 0. The fraction of sp³-hybridized carbons (Fsp3) is 0.667. The van der Waals surface area contributed by atoms with E-state index < -0.39 is 31.0 Å². The van der Waals surface area contributed by atoms with E-state index in [0.29, 0.717) is 26.3 Å². The highest BCUT2D eigenvalue weighted by molar-refractivity contribution is 7.96. The highest BCUT2D eigenvalue weighted by atomic mass is 32.2. The topological polar surface area (TPSA) is 80.8 Å². The third-order valence-electron chi connectivity index (χ3n) is 5.23.